The van der Waals surface area contributed by atoms with Crippen LogP contribution in [-0.4, -0.2) is 31.1 Å². The summed E-state index contributed by atoms with van der Waals surface area (Å²) in [4.78, 5) is 35.7. The summed E-state index contributed by atoms with van der Waals surface area (Å²) >= 11 is 0. The lowest BCUT2D eigenvalue weighted by Crippen LogP contribution is -2.28. The number of esters is 3. The van der Waals surface area contributed by atoms with Crippen LogP contribution >= 0.6 is 0 Å². The molecule has 0 heterocycles. The predicted molar refractivity (Wildman–Crippen MR) is 136 cm³/mol. The summed E-state index contributed by atoms with van der Waals surface area (Å²) in [5, 5.41) is 0. The molecule has 0 fully saturated rings. The summed E-state index contributed by atoms with van der Waals surface area (Å²) < 4.78 is 16.0. The Kier molecular flexibility index (Phi) is 9.58. The molecule has 35 heavy (non-hydrogen) atoms. The third kappa shape index (κ3) is 8.89. The Balaban J connectivity index is 2.07. The molecule has 0 saturated carbocycles. The monoisotopic (exact) mass is 478 g/mol. The van der Waals surface area contributed by atoms with Crippen molar-refractivity contribution in [2.45, 2.75) is 41.0 Å². The third-order valence-electron chi connectivity index (χ3n) is 5.09. The molecule has 0 amide bonds. The van der Waals surface area contributed by atoms with Crippen LogP contribution in [0.1, 0.15) is 40.2 Å². The van der Waals surface area contributed by atoms with Gasteiger partial charge in [0, 0.05) is 17.1 Å². The maximum atomic E-state index is 12.2. The minimum absolute atomic E-state index is 0.120. The molecule has 0 spiro atoms. The lowest BCUT2D eigenvalue weighted by atomic mass is 9.96. The van der Waals surface area contributed by atoms with Crippen LogP contribution in [0.4, 0.5) is 0 Å². The SMILES string of the molecule is C=C(C)C(=O)OCC(COC(=O)C(C)(C)C)Cc1ccc(-c2ccc(OC(=O)C(=C)C)cc2)cc1. The number of carbonyl (C=O) groups excluding carboxylic acids is 3. The highest BCUT2D eigenvalue weighted by Crippen LogP contribution is 2.24. The van der Waals surface area contributed by atoms with Gasteiger partial charge in [0.2, 0.25) is 0 Å². The Morgan fingerprint density at radius 1 is 0.771 bits per heavy atom. The molecule has 0 aliphatic heterocycles. The van der Waals surface area contributed by atoms with Crippen molar-refractivity contribution < 1.29 is 28.6 Å². The van der Waals surface area contributed by atoms with Gasteiger partial charge in [-0.2, -0.15) is 0 Å². The minimum Gasteiger partial charge on any atom is -0.465 e. The van der Waals surface area contributed by atoms with Crippen molar-refractivity contribution in [3.05, 3.63) is 78.4 Å². The zero-order chi connectivity index (χ0) is 26.2. The average molecular weight is 479 g/mol. The number of ether oxygens (including phenoxy) is 3. The van der Waals surface area contributed by atoms with Crippen molar-refractivity contribution in [2.75, 3.05) is 13.2 Å². The fourth-order valence-corrected chi connectivity index (χ4v) is 2.97. The highest BCUT2D eigenvalue weighted by Gasteiger charge is 2.25. The molecule has 1 unspecified atom stereocenters. The second-order valence-corrected chi connectivity index (χ2v) is 9.69. The summed E-state index contributed by atoms with van der Waals surface area (Å²) in [5.41, 5.74) is 3.03. The van der Waals surface area contributed by atoms with Crippen LogP contribution in [0, 0.1) is 11.3 Å². The van der Waals surface area contributed by atoms with Crippen LogP contribution in [0.5, 0.6) is 5.75 Å². The van der Waals surface area contributed by atoms with Crippen LogP contribution in [0.25, 0.3) is 11.1 Å². The van der Waals surface area contributed by atoms with Crippen molar-refractivity contribution in [1.29, 1.82) is 0 Å². The van der Waals surface area contributed by atoms with Gasteiger partial charge in [-0.3, -0.25) is 4.79 Å². The molecule has 0 radical (unpaired) electrons. The average Bonchev–Trinajstić information content (AvgIpc) is 2.80. The first-order valence-corrected chi connectivity index (χ1v) is 11.4. The molecule has 0 aliphatic rings. The molecule has 2 rings (SSSR count). The third-order valence-corrected chi connectivity index (χ3v) is 5.09. The van der Waals surface area contributed by atoms with Gasteiger partial charge in [0.1, 0.15) is 5.75 Å². The molecule has 0 bridgehead atoms. The standard InChI is InChI=1S/C29H34O6/c1-19(2)26(30)33-17-22(18-34-28(32)29(5,6)7)16-21-8-10-23(11-9-21)24-12-14-25(15-13-24)35-27(31)20(3)4/h8-15,22H,1,3,16-18H2,2,4-7H3. The van der Waals surface area contributed by atoms with Gasteiger partial charge in [0.25, 0.3) is 0 Å². The van der Waals surface area contributed by atoms with Gasteiger partial charge >= 0.3 is 17.9 Å². The highest BCUT2D eigenvalue weighted by molar-refractivity contribution is 5.89. The summed E-state index contributed by atoms with van der Waals surface area (Å²) in [5.74, 6) is -0.974. The molecule has 6 nitrogen and oxygen atoms in total. The Morgan fingerprint density at radius 2 is 1.26 bits per heavy atom. The van der Waals surface area contributed by atoms with E-state index in [1.807, 2.05) is 36.4 Å². The Hall–Kier alpha value is -3.67. The first-order chi connectivity index (χ1) is 16.4. The van der Waals surface area contributed by atoms with Crippen molar-refractivity contribution in [2.24, 2.45) is 11.3 Å². The molecule has 1 atom stereocenters. The van der Waals surface area contributed by atoms with Gasteiger partial charge < -0.3 is 14.2 Å². The zero-order valence-electron chi connectivity index (χ0n) is 21.2. The molecule has 186 valence electrons. The van der Waals surface area contributed by atoms with Gasteiger partial charge in [0.05, 0.1) is 18.6 Å². The van der Waals surface area contributed by atoms with E-state index in [0.717, 1.165) is 16.7 Å². The van der Waals surface area contributed by atoms with Crippen LogP contribution in [0.3, 0.4) is 0 Å². The summed E-state index contributed by atoms with van der Waals surface area (Å²) in [6, 6.07) is 15.2. The second kappa shape index (κ2) is 12.2. The van der Waals surface area contributed by atoms with E-state index in [2.05, 4.69) is 13.2 Å². The summed E-state index contributed by atoms with van der Waals surface area (Å²) in [6.45, 7) is 16.0. The predicted octanol–water partition coefficient (Wildman–Crippen LogP) is 5.70. The van der Waals surface area contributed by atoms with Crippen molar-refractivity contribution >= 4 is 17.9 Å². The molecule has 0 aromatic heterocycles. The van der Waals surface area contributed by atoms with Gasteiger partial charge in [0.15, 0.2) is 0 Å². The number of hydrogen-bond acceptors (Lipinski definition) is 6. The fraction of sp³-hybridized carbons (Fsp3) is 0.345. The molecule has 0 aliphatic carbocycles. The minimum atomic E-state index is -0.612. The Labute approximate surface area is 207 Å². The number of hydrogen-bond donors (Lipinski definition) is 0. The van der Waals surface area contributed by atoms with Gasteiger partial charge in [-0.05, 0) is 69.9 Å². The van der Waals surface area contributed by atoms with E-state index in [-0.39, 0.29) is 25.1 Å². The zero-order valence-corrected chi connectivity index (χ0v) is 21.2. The number of rotatable bonds is 10. The van der Waals surface area contributed by atoms with Crippen molar-refractivity contribution in [3.8, 4) is 16.9 Å². The Bertz CT molecular complexity index is 1070. The van der Waals surface area contributed by atoms with E-state index < -0.39 is 17.4 Å². The lowest BCUT2D eigenvalue weighted by Gasteiger charge is -2.21. The van der Waals surface area contributed by atoms with Crippen molar-refractivity contribution in [3.63, 3.8) is 0 Å². The summed E-state index contributed by atoms with van der Waals surface area (Å²) in [7, 11) is 0. The number of benzene rings is 2. The maximum absolute atomic E-state index is 12.2. The summed E-state index contributed by atoms with van der Waals surface area (Å²) in [6.07, 6.45) is 0.566. The van der Waals surface area contributed by atoms with Gasteiger partial charge in [-0.25, -0.2) is 9.59 Å². The first-order valence-electron chi connectivity index (χ1n) is 11.4. The molecule has 6 heteroatoms. The van der Waals surface area contributed by atoms with Crippen molar-refractivity contribution in [1.82, 2.24) is 0 Å². The molecule has 2 aromatic carbocycles. The lowest BCUT2D eigenvalue weighted by molar-refractivity contribution is -0.155. The van der Waals surface area contributed by atoms with E-state index >= 15 is 0 Å². The van der Waals surface area contributed by atoms with Gasteiger partial charge in [-0.15, -0.1) is 0 Å². The Morgan fingerprint density at radius 3 is 1.74 bits per heavy atom. The maximum Gasteiger partial charge on any atom is 0.338 e. The van der Waals surface area contributed by atoms with Crippen LogP contribution in [0.15, 0.2) is 72.8 Å². The highest BCUT2D eigenvalue weighted by atomic mass is 16.5. The largest absolute Gasteiger partial charge is 0.465 e. The fourth-order valence-electron chi connectivity index (χ4n) is 2.97. The smallest absolute Gasteiger partial charge is 0.338 e. The first kappa shape index (κ1) is 27.6. The normalized spacial score (nSPS) is 11.8. The molecular formula is C29H34O6. The topological polar surface area (TPSA) is 78.9 Å². The van der Waals surface area contributed by atoms with Gasteiger partial charge in [-0.1, -0.05) is 49.6 Å². The van der Waals surface area contributed by atoms with Crippen LogP contribution in [-0.2, 0) is 30.3 Å². The number of carbonyl (C=O) groups is 3. The van der Waals surface area contributed by atoms with E-state index in [0.29, 0.717) is 23.3 Å². The van der Waals surface area contributed by atoms with Crippen LogP contribution < -0.4 is 4.74 Å². The molecule has 0 saturated heterocycles. The molecule has 2 aromatic rings. The second-order valence-electron chi connectivity index (χ2n) is 9.69. The van der Waals surface area contributed by atoms with Crippen LogP contribution in [0.2, 0.25) is 0 Å². The van der Waals surface area contributed by atoms with E-state index in [1.54, 1.807) is 46.8 Å². The quantitative estimate of drug-likeness (QED) is 0.248. The molecular weight excluding hydrogens is 444 g/mol. The van der Waals surface area contributed by atoms with E-state index in [1.165, 1.54) is 0 Å². The molecule has 0 N–H and O–H groups in total. The van der Waals surface area contributed by atoms with E-state index in [9.17, 15) is 14.4 Å². The van der Waals surface area contributed by atoms with E-state index in [4.69, 9.17) is 14.2 Å².